The Labute approximate surface area is 151 Å². The molecule has 1 fully saturated rings. The molecule has 0 aliphatic carbocycles. The van der Waals surface area contributed by atoms with Crippen molar-refractivity contribution in [1.82, 2.24) is 15.6 Å². The summed E-state index contributed by atoms with van der Waals surface area (Å²) in [5.41, 5.74) is 1.51. The quantitative estimate of drug-likeness (QED) is 0.800. The van der Waals surface area contributed by atoms with Gasteiger partial charge >= 0.3 is 0 Å². The molecular formula is C19H23N3O2S. The van der Waals surface area contributed by atoms with Crippen LogP contribution >= 0.6 is 11.3 Å². The summed E-state index contributed by atoms with van der Waals surface area (Å²) in [5.74, 6) is 0.0796. The van der Waals surface area contributed by atoms with Gasteiger partial charge in [0, 0.05) is 35.4 Å². The third-order valence-corrected chi connectivity index (χ3v) is 5.45. The molecular weight excluding hydrogens is 334 g/mol. The van der Waals surface area contributed by atoms with E-state index in [0.29, 0.717) is 25.8 Å². The summed E-state index contributed by atoms with van der Waals surface area (Å²) in [6, 6.07) is 9.88. The van der Waals surface area contributed by atoms with Gasteiger partial charge in [0.05, 0.1) is 12.2 Å². The van der Waals surface area contributed by atoms with Gasteiger partial charge in [-0.25, -0.2) is 0 Å². The normalized spacial score (nSPS) is 19.6. The van der Waals surface area contributed by atoms with Crippen molar-refractivity contribution < 1.29 is 9.59 Å². The van der Waals surface area contributed by atoms with Crippen molar-refractivity contribution in [3.63, 3.8) is 0 Å². The summed E-state index contributed by atoms with van der Waals surface area (Å²) in [5, 5.41) is 8.09. The molecule has 1 unspecified atom stereocenters. The lowest BCUT2D eigenvalue weighted by Crippen LogP contribution is -2.44. The minimum absolute atomic E-state index is 0.00462. The molecule has 6 heteroatoms. The van der Waals surface area contributed by atoms with E-state index in [9.17, 15) is 9.59 Å². The summed E-state index contributed by atoms with van der Waals surface area (Å²) in [6.45, 7) is 2.37. The van der Waals surface area contributed by atoms with Crippen LogP contribution in [0.15, 0.2) is 35.7 Å². The Morgan fingerprint density at radius 3 is 2.92 bits per heavy atom. The second-order valence-corrected chi connectivity index (χ2v) is 7.66. The SMILES string of the molecule is Cc1cccc(CNC(=O)CCC2(Cc3cccs3)CCC(=O)N2)n1. The third-order valence-electron chi connectivity index (χ3n) is 4.57. The minimum atomic E-state index is -0.291. The standard InChI is InChI=1S/C19H23N3O2S/c1-14-4-2-5-15(21-14)13-20-17(23)7-9-19(10-8-18(24)22-19)12-16-6-3-11-25-16/h2-6,11H,7-10,12-13H2,1H3,(H,20,23)(H,22,24). The third kappa shape index (κ3) is 4.89. The lowest BCUT2D eigenvalue weighted by Gasteiger charge is -2.28. The van der Waals surface area contributed by atoms with Crippen LogP contribution in [0.3, 0.4) is 0 Å². The van der Waals surface area contributed by atoms with Crippen LogP contribution in [0.5, 0.6) is 0 Å². The zero-order valence-electron chi connectivity index (χ0n) is 14.4. The van der Waals surface area contributed by atoms with Gasteiger partial charge in [0.15, 0.2) is 0 Å². The summed E-state index contributed by atoms with van der Waals surface area (Å²) in [4.78, 5) is 29.6. The summed E-state index contributed by atoms with van der Waals surface area (Å²) in [7, 11) is 0. The van der Waals surface area contributed by atoms with E-state index in [0.717, 1.165) is 24.2 Å². The number of nitrogens with one attached hydrogen (secondary N) is 2. The Morgan fingerprint density at radius 1 is 1.36 bits per heavy atom. The maximum Gasteiger partial charge on any atom is 0.220 e. The van der Waals surface area contributed by atoms with Crippen LogP contribution in [0.2, 0.25) is 0 Å². The number of thiophene rings is 1. The molecule has 2 aromatic heterocycles. The lowest BCUT2D eigenvalue weighted by molar-refractivity contribution is -0.122. The van der Waals surface area contributed by atoms with Crippen LogP contribution in [0, 0.1) is 6.92 Å². The molecule has 3 heterocycles. The number of carbonyl (C=O) groups excluding carboxylic acids is 2. The summed E-state index contributed by atoms with van der Waals surface area (Å²) < 4.78 is 0. The number of amides is 2. The van der Waals surface area contributed by atoms with Gasteiger partial charge < -0.3 is 10.6 Å². The number of hydrogen-bond donors (Lipinski definition) is 2. The van der Waals surface area contributed by atoms with Crippen LogP contribution in [0.4, 0.5) is 0 Å². The van der Waals surface area contributed by atoms with Crippen molar-refractivity contribution in [2.45, 2.75) is 51.1 Å². The van der Waals surface area contributed by atoms with E-state index in [1.165, 1.54) is 4.88 Å². The number of rotatable bonds is 7. The Hall–Kier alpha value is -2.21. The highest BCUT2D eigenvalue weighted by atomic mass is 32.1. The molecule has 0 spiro atoms. The maximum atomic E-state index is 12.2. The Bertz CT molecular complexity index is 745. The highest BCUT2D eigenvalue weighted by molar-refractivity contribution is 7.09. The molecule has 1 aliphatic heterocycles. The zero-order valence-corrected chi connectivity index (χ0v) is 15.2. The lowest BCUT2D eigenvalue weighted by atomic mass is 9.87. The van der Waals surface area contributed by atoms with Gasteiger partial charge in [0.25, 0.3) is 0 Å². The molecule has 2 N–H and O–H groups in total. The molecule has 3 rings (SSSR count). The van der Waals surface area contributed by atoms with Gasteiger partial charge in [-0.2, -0.15) is 0 Å². The fourth-order valence-electron chi connectivity index (χ4n) is 3.26. The van der Waals surface area contributed by atoms with Crippen LogP contribution in [0.25, 0.3) is 0 Å². The van der Waals surface area contributed by atoms with E-state index in [1.54, 1.807) is 11.3 Å². The van der Waals surface area contributed by atoms with Crippen LogP contribution < -0.4 is 10.6 Å². The first kappa shape index (κ1) is 17.6. The van der Waals surface area contributed by atoms with E-state index in [2.05, 4.69) is 21.7 Å². The van der Waals surface area contributed by atoms with E-state index in [4.69, 9.17) is 0 Å². The maximum absolute atomic E-state index is 12.2. The molecule has 5 nitrogen and oxygen atoms in total. The second-order valence-electron chi connectivity index (χ2n) is 6.63. The van der Waals surface area contributed by atoms with Gasteiger partial charge in [-0.1, -0.05) is 12.1 Å². The van der Waals surface area contributed by atoms with Gasteiger partial charge in [0.1, 0.15) is 0 Å². The zero-order chi connectivity index (χ0) is 17.7. The molecule has 0 radical (unpaired) electrons. The highest BCUT2D eigenvalue weighted by Gasteiger charge is 2.38. The number of hydrogen-bond acceptors (Lipinski definition) is 4. The van der Waals surface area contributed by atoms with Gasteiger partial charge in [0.2, 0.25) is 11.8 Å². The first-order valence-electron chi connectivity index (χ1n) is 8.57. The fraction of sp³-hybridized carbons (Fsp3) is 0.421. The van der Waals surface area contributed by atoms with Crippen molar-refractivity contribution in [1.29, 1.82) is 0 Å². The predicted molar refractivity (Wildman–Crippen MR) is 98.2 cm³/mol. The number of carbonyl (C=O) groups is 2. The Balaban J connectivity index is 1.54. The summed E-state index contributed by atoms with van der Waals surface area (Å²) >= 11 is 1.69. The van der Waals surface area contributed by atoms with Crippen molar-refractivity contribution in [3.05, 3.63) is 52.0 Å². The monoisotopic (exact) mass is 357 g/mol. The fourth-order valence-corrected chi connectivity index (χ4v) is 4.11. The van der Waals surface area contributed by atoms with Crippen molar-refractivity contribution in [2.24, 2.45) is 0 Å². The number of aryl methyl sites for hydroxylation is 1. The van der Waals surface area contributed by atoms with Crippen LogP contribution in [-0.4, -0.2) is 22.3 Å². The van der Waals surface area contributed by atoms with E-state index in [-0.39, 0.29) is 17.4 Å². The molecule has 2 aromatic rings. The summed E-state index contributed by atoms with van der Waals surface area (Å²) in [6.07, 6.45) is 3.18. The van der Waals surface area contributed by atoms with E-state index in [1.807, 2.05) is 36.6 Å². The first-order chi connectivity index (χ1) is 12.0. The molecule has 0 bridgehead atoms. The average Bonchev–Trinajstić information content (AvgIpc) is 3.22. The largest absolute Gasteiger partial charge is 0.350 e. The Kier molecular flexibility index (Phi) is 5.48. The molecule has 1 atom stereocenters. The highest BCUT2D eigenvalue weighted by Crippen LogP contribution is 2.30. The van der Waals surface area contributed by atoms with Crippen LogP contribution in [0.1, 0.15) is 41.9 Å². The smallest absolute Gasteiger partial charge is 0.220 e. The topological polar surface area (TPSA) is 71.1 Å². The van der Waals surface area contributed by atoms with Crippen LogP contribution in [-0.2, 0) is 22.6 Å². The molecule has 1 saturated heterocycles. The molecule has 0 aromatic carbocycles. The van der Waals surface area contributed by atoms with Gasteiger partial charge in [-0.05, 0) is 43.3 Å². The molecule has 0 saturated carbocycles. The number of aromatic nitrogens is 1. The molecule has 25 heavy (non-hydrogen) atoms. The minimum Gasteiger partial charge on any atom is -0.350 e. The molecule has 132 valence electrons. The Morgan fingerprint density at radius 2 is 2.24 bits per heavy atom. The molecule has 1 aliphatic rings. The van der Waals surface area contributed by atoms with Crippen molar-refractivity contribution in [2.75, 3.05) is 0 Å². The predicted octanol–water partition coefficient (Wildman–Crippen LogP) is 2.74. The van der Waals surface area contributed by atoms with E-state index >= 15 is 0 Å². The molecule has 2 amide bonds. The van der Waals surface area contributed by atoms with Gasteiger partial charge in [-0.3, -0.25) is 14.6 Å². The number of nitrogens with zero attached hydrogens (tertiary/aromatic N) is 1. The number of pyridine rings is 1. The van der Waals surface area contributed by atoms with Crippen molar-refractivity contribution >= 4 is 23.2 Å². The first-order valence-corrected chi connectivity index (χ1v) is 9.45. The van der Waals surface area contributed by atoms with Crippen molar-refractivity contribution in [3.8, 4) is 0 Å². The average molecular weight is 357 g/mol. The van der Waals surface area contributed by atoms with E-state index < -0.39 is 0 Å². The second kappa shape index (κ2) is 7.78. The van der Waals surface area contributed by atoms with Gasteiger partial charge in [-0.15, -0.1) is 11.3 Å².